The van der Waals surface area contributed by atoms with E-state index in [1.54, 1.807) is 6.92 Å². The Balaban J connectivity index is 4.10. The Morgan fingerprint density at radius 1 is 1.43 bits per heavy atom. The zero-order chi connectivity index (χ0) is 11.1. The molecule has 2 unspecified atom stereocenters. The summed E-state index contributed by atoms with van der Waals surface area (Å²) < 4.78 is 9.64. The molecule has 2 atom stereocenters. The minimum Gasteiger partial charge on any atom is -0.481 e. The van der Waals surface area contributed by atoms with Crippen LogP contribution in [-0.2, 0) is 19.1 Å². The molecule has 0 amide bonds. The van der Waals surface area contributed by atoms with Crippen LogP contribution >= 0.6 is 0 Å². The summed E-state index contributed by atoms with van der Waals surface area (Å²) in [6, 6.07) is 0. The summed E-state index contributed by atoms with van der Waals surface area (Å²) in [6.45, 7) is 3.61. The molecule has 82 valence electrons. The second kappa shape index (κ2) is 6.37. The summed E-state index contributed by atoms with van der Waals surface area (Å²) in [5.74, 6) is -1.71. The van der Waals surface area contributed by atoms with Gasteiger partial charge in [0.25, 0.3) is 0 Å². The number of hydrogen-bond donors (Lipinski definition) is 1. The van der Waals surface area contributed by atoms with Crippen LogP contribution in [0.4, 0.5) is 0 Å². The number of carboxylic acids is 1. The van der Waals surface area contributed by atoms with Crippen molar-refractivity contribution < 1.29 is 24.2 Å². The lowest BCUT2D eigenvalue weighted by Crippen LogP contribution is -2.30. The van der Waals surface area contributed by atoms with Crippen LogP contribution in [-0.4, -0.2) is 36.4 Å². The number of esters is 1. The number of aliphatic carboxylic acids is 1. The van der Waals surface area contributed by atoms with E-state index in [2.05, 4.69) is 0 Å². The number of methoxy groups -OCH3 is 1. The predicted octanol–water partition coefficient (Wildman–Crippen LogP) is 0.818. The van der Waals surface area contributed by atoms with E-state index >= 15 is 0 Å². The Bertz CT molecular complexity index is 201. The minimum atomic E-state index is -1.09. The maximum atomic E-state index is 11.3. The maximum Gasteiger partial charge on any atom is 0.336 e. The average Bonchev–Trinajstić information content (AvgIpc) is 2.13. The fourth-order valence-corrected chi connectivity index (χ4v) is 0.779. The van der Waals surface area contributed by atoms with Crippen LogP contribution in [0.3, 0.4) is 0 Å². The van der Waals surface area contributed by atoms with Crippen molar-refractivity contribution >= 4 is 11.9 Å². The largest absolute Gasteiger partial charge is 0.481 e. The van der Waals surface area contributed by atoms with Crippen LogP contribution in [0.5, 0.6) is 0 Å². The fourth-order valence-electron chi connectivity index (χ4n) is 0.779. The highest BCUT2D eigenvalue weighted by atomic mass is 16.6. The van der Waals surface area contributed by atoms with Crippen molar-refractivity contribution in [1.82, 2.24) is 0 Å². The molecule has 0 bridgehead atoms. The normalized spacial score (nSPS) is 14.5. The molecule has 0 aliphatic carbocycles. The lowest BCUT2D eigenvalue weighted by Gasteiger charge is -2.15. The minimum absolute atomic E-state index is 0.214. The zero-order valence-corrected chi connectivity index (χ0v) is 8.65. The van der Waals surface area contributed by atoms with E-state index < -0.39 is 18.0 Å². The summed E-state index contributed by atoms with van der Waals surface area (Å²) in [5.41, 5.74) is 0. The molecule has 0 rings (SSSR count). The van der Waals surface area contributed by atoms with Gasteiger partial charge in [-0.3, -0.25) is 4.79 Å². The number of carbonyl (C=O) groups excluding carboxylic acids is 1. The first kappa shape index (κ1) is 12.9. The molecule has 0 aliphatic rings. The molecule has 0 radical (unpaired) electrons. The highest BCUT2D eigenvalue weighted by Crippen LogP contribution is 2.04. The summed E-state index contributed by atoms with van der Waals surface area (Å²) in [5, 5.41) is 8.47. The number of hydrogen-bond acceptors (Lipinski definition) is 4. The molecule has 5 nitrogen and oxygen atoms in total. The van der Waals surface area contributed by atoms with Gasteiger partial charge in [0.15, 0.2) is 6.10 Å². The standard InChI is InChI=1S/C9H16O5/c1-4-6(2)14-9(12)7(13-3)5-8(10)11/h6-7H,4-5H2,1-3H3,(H,10,11). The molecule has 0 saturated carbocycles. The Hall–Kier alpha value is -1.10. The molecule has 0 saturated heterocycles. The third-order valence-corrected chi connectivity index (χ3v) is 1.80. The zero-order valence-electron chi connectivity index (χ0n) is 8.65. The SMILES string of the molecule is CCC(C)OC(=O)C(CC(=O)O)OC. The molecule has 5 heteroatoms. The Kier molecular flexibility index (Phi) is 5.87. The van der Waals surface area contributed by atoms with Gasteiger partial charge in [0.05, 0.1) is 12.5 Å². The molecule has 0 spiro atoms. The van der Waals surface area contributed by atoms with Gasteiger partial charge in [-0.05, 0) is 13.3 Å². The van der Waals surface area contributed by atoms with E-state index in [9.17, 15) is 9.59 Å². The first-order valence-electron chi connectivity index (χ1n) is 4.46. The second-order valence-electron chi connectivity index (χ2n) is 2.98. The van der Waals surface area contributed by atoms with Gasteiger partial charge in [0.2, 0.25) is 0 Å². The van der Waals surface area contributed by atoms with Gasteiger partial charge in [-0.25, -0.2) is 4.79 Å². The van der Waals surface area contributed by atoms with Crippen molar-refractivity contribution in [3.63, 3.8) is 0 Å². The number of carboxylic acid groups (broad SMARTS) is 1. The van der Waals surface area contributed by atoms with Crippen LogP contribution < -0.4 is 0 Å². The van der Waals surface area contributed by atoms with Gasteiger partial charge in [-0.15, -0.1) is 0 Å². The number of carbonyl (C=O) groups is 2. The van der Waals surface area contributed by atoms with Gasteiger partial charge in [0, 0.05) is 7.11 Å². The van der Waals surface area contributed by atoms with Crippen LogP contribution in [0, 0.1) is 0 Å². The molecular formula is C9H16O5. The summed E-state index contributed by atoms with van der Waals surface area (Å²) in [7, 11) is 1.28. The van der Waals surface area contributed by atoms with Crippen LogP contribution in [0.15, 0.2) is 0 Å². The highest BCUT2D eigenvalue weighted by molar-refractivity contribution is 5.81. The van der Waals surface area contributed by atoms with Crippen molar-refractivity contribution in [1.29, 1.82) is 0 Å². The first-order chi connectivity index (χ1) is 6.51. The van der Waals surface area contributed by atoms with Gasteiger partial charge in [0.1, 0.15) is 0 Å². The van der Waals surface area contributed by atoms with Crippen molar-refractivity contribution in [3.05, 3.63) is 0 Å². The van der Waals surface area contributed by atoms with Gasteiger partial charge in [-0.2, -0.15) is 0 Å². The highest BCUT2D eigenvalue weighted by Gasteiger charge is 2.23. The molecule has 0 aromatic rings. The van der Waals surface area contributed by atoms with Crippen LogP contribution in [0.25, 0.3) is 0 Å². The lowest BCUT2D eigenvalue weighted by molar-refractivity contribution is -0.164. The van der Waals surface area contributed by atoms with E-state index in [1.807, 2.05) is 6.92 Å². The second-order valence-corrected chi connectivity index (χ2v) is 2.98. The Labute approximate surface area is 83.0 Å². The lowest BCUT2D eigenvalue weighted by atomic mass is 10.2. The Morgan fingerprint density at radius 3 is 2.36 bits per heavy atom. The van der Waals surface area contributed by atoms with E-state index in [4.69, 9.17) is 14.6 Å². The average molecular weight is 204 g/mol. The topological polar surface area (TPSA) is 72.8 Å². The van der Waals surface area contributed by atoms with Gasteiger partial charge >= 0.3 is 11.9 Å². The predicted molar refractivity (Wildman–Crippen MR) is 48.9 cm³/mol. The summed E-state index contributed by atoms with van der Waals surface area (Å²) in [4.78, 5) is 21.6. The first-order valence-corrected chi connectivity index (χ1v) is 4.46. The fraction of sp³-hybridized carbons (Fsp3) is 0.778. The van der Waals surface area contributed by atoms with E-state index in [-0.39, 0.29) is 12.5 Å². The van der Waals surface area contributed by atoms with Crippen molar-refractivity contribution in [2.75, 3.05) is 7.11 Å². The molecule has 0 aromatic heterocycles. The number of rotatable bonds is 6. The van der Waals surface area contributed by atoms with Gasteiger partial charge in [-0.1, -0.05) is 6.92 Å². The molecule has 0 fully saturated rings. The van der Waals surface area contributed by atoms with Crippen LogP contribution in [0.1, 0.15) is 26.7 Å². The third-order valence-electron chi connectivity index (χ3n) is 1.80. The van der Waals surface area contributed by atoms with E-state index in [1.165, 1.54) is 7.11 Å². The molecule has 14 heavy (non-hydrogen) atoms. The van der Waals surface area contributed by atoms with Crippen molar-refractivity contribution in [2.24, 2.45) is 0 Å². The molecule has 0 aliphatic heterocycles. The summed E-state index contributed by atoms with van der Waals surface area (Å²) in [6.07, 6.45) is -0.906. The summed E-state index contributed by atoms with van der Waals surface area (Å²) >= 11 is 0. The van der Waals surface area contributed by atoms with Crippen molar-refractivity contribution in [3.8, 4) is 0 Å². The molecule has 0 aromatic carbocycles. The molecule has 1 N–H and O–H groups in total. The number of ether oxygens (including phenoxy) is 2. The molecule has 0 heterocycles. The van der Waals surface area contributed by atoms with E-state index in [0.29, 0.717) is 6.42 Å². The monoisotopic (exact) mass is 204 g/mol. The quantitative estimate of drug-likeness (QED) is 0.648. The van der Waals surface area contributed by atoms with Crippen molar-refractivity contribution in [2.45, 2.75) is 38.9 Å². The maximum absolute atomic E-state index is 11.3. The smallest absolute Gasteiger partial charge is 0.336 e. The molecular weight excluding hydrogens is 188 g/mol. The third kappa shape index (κ3) is 4.81. The van der Waals surface area contributed by atoms with E-state index in [0.717, 1.165) is 0 Å². The Morgan fingerprint density at radius 2 is 2.00 bits per heavy atom. The van der Waals surface area contributed by atoms with Crippen LogP contribution in [0.2, 0.25) is 0 Å². The van der Waals surface area contributed by atoms with Gasteiger partial charge < -0.3 is 14.6 Å².